The highest BCUT2D eigenvalue weighted by molar-refractivity contribution is 5.50. The minimum Gasteiger partial charge on any atom is -0.399 e. The number of nitrogens with two attached hydrogens (primary N) is 2. The van der Waals surface area contributed by atoms with Gasteiger partial charge < -0.3 is 11.5 Å². The number of nitrogen functional groups attached to an aromatic ring is 2. The van der Waals surface area contributed by atoms with Crippen LogP contribution in [-0.4, -0.2) is 0 Å². The van der Waals surface area contributed by atoms with Crippen LogP contribution in [0.25, 0.3) is 0 Å². The first-order valence-corrected chi connectivity index (χ1v) is 24.4. The Labute approximate surface area is 357 Å². The van der Waals surface area contributed by atoms with Gasteiger partial charge in [-0.15, -0.1) is 0 Å². The molecule has 0 saturated heterocycles. The Kier molecular flexibility index (Phi) is 24.1. The molecule has 0 amide bonds. The fraction of sp³-hybridized carbons (Fsp3) is 0.571. The van der Waals surface area contributed by atoms with Gasteiger partial charge in [-0.1, -0.05) is 215 Å². The summed E-state index contributed by atoms with van der Waals surface area (Å²) in [7, 11) is 0. The molecule has 2 nitrogen and oxygen atoms in total. The van der Waals surface area contributed by atoms with Crippen molar-refractivity contribution in [1.82, 2.24) is 0 Å². The predicted octanol–water partition coefficient (Wildman–Crippen LogP) is 16.3. The summed E-state index contributed by atoms with van der Waals surface area (Å²) in [6, 6.07) is 32.0. The minimum absolute atomic E-state index is 0.951. The minimum atomic E-state index is 0.951. The smallest absolute Gasteiger partial charge is 0.0346 e. The van der Waals surface area contributed by atoms with E-state index in [9.17, 15) is 0 Å². The van der Waals surface area contributed by atoms with E-state index in [1.165, 1.54) is 211 Å². The first kappa shape index (κ1) is 47.2. The zero-order valence-electron chi connectivity index (χ0n) is 37.5. The van der Waals surface area contributed by atoms with E-state index in [0.717, 1.165) is 37.1 Å². The molecule has 0 aliphatic rings. The van der Waals surface area contributed by atoms with Gasteiger partial charge in [-0.2, -0.15) is 0 Å². The van der Waals surface area contributed by atoms with Crippen LogP contribution in [-0.2, 0) is 38.5 Å². The molecule has 4 rings (SSSR count). The third-order valence-electron chi connectivity index (χ3n) is 12.6. The summed E-state index contributed by atoms with van der Waals surface area (Å²) in [5, 5.41) is 0. The molecule has 2 heteroatoms. The van der Waals surface area contributed by atoms with Crippen LogP contribution < -0.4 is 11.5 Å². The van der Waals surface area contributed by atoms with Gasteiger partial charge in [0.1, 0.15) is 0 Å². The first-order chi connectivity index (χ1) is 28.5. The van der Waals surface area contributed by atoms with Crippen molar-refractivity contribution in [2.45, 2.75) is 206 Å². The Morgan fingerprint density at radius 3 is 0.845 bits per heavy atom. The lowest BCUT2D eigenvalue weighted by molar-refractivity contribution is 0.524. The number of hydrogen-bond acceptors (Lipinski definition) is 2. The van der Waals surface area contributed by atoms with E-state index >= 15 is 0 Å². The van der Waals surface area contributed by atoms with Gasteiger partial charge in [-0.05, 0) is 121 Å². The van der Waals surface area contributed by atoms with Gasteiger partial charge in [0.05, 0.1) is 0 Å². The zero-order valence-corrected chi connectivity index (χ0v) is 37.5. The second-order valence-electron chi connectivity index (χ2n) is 17.8. The van der Waals surface area contributed by atoms with Crippen molar-refractivity contribution in [3.63, 3.8) is 0 Å². The number of unbranched alkanes of at least 4 members (excludes halogenated alkanes) is 21. The monoisotopic (exact) mass is 785 g/mol. The normalized spacial score (nSPS) is 11.4. The SMILES string of the molecule is CCCCCc1cc(Cc2ccc(CCCCCCCCCCCCCCCCCCCCc3ccc(Cc4ccc(N)c(CCCCC)c4)cc3)cc2)ccc1N. The molecule has 0 aliphatic heterocycles. The maximum atomic E-state index is 6.25. The van der Waals surface area contributed by atoms with Crippen molar-refractivity contribution < 1.29 is 0 Å². The van der Waals surface area contributed by atoms with Crippen molar-refractivity contribution in [2.75, 3.05) is 11.5 Å². The van der Waals surface area contributed by atoms with Crippen LogP contribution in [0.2, 0.25) is 0 Å². The Bertz CT molecular complexity index is 1490. The largest absolute Gasteiger partial charge is 0.399 e. The molecule has 4 aromatic carbocycles. The fourth-order valence-electron chi connectivity index (χ4n) is 8.71. The summed E-state index contributed by atoms with van der Waals surface area (Å²) >= 11 is 0. The molecule has 0 atom stereocenters. The highest BCUT2D eigenvalue weighted by Gasteiger charge is 2.06. The lowest BCUT2D eigenvalue weighted by Gasteiger charge is -2.10. The van der Waals surface area contributed by atoms with Crippen LogP contribution in [0.15, 0.2) is 84.9 Å². The molecule has 0 bridgehead atoms. The summed E-state index contributed by atoms with van der Waals surface area (Å²) in [5.41, 5.74) is 25.6. The second-order valence-corrected chi connectivity index (χ2v) is 17.8. The molecule has 0 saturated carbocycles. The quantitative estimate of drug-likeness (QED) is 0.0373. The molecule has 0 unspecified atom stereocenters. The Morgan fingerprint density at radius 1 is 0.276 bits per heavy atom. The van der Waals surface area contributed by atoms with E-state index < -0.39 is 0 Å². The topological polar surface area (TPSA) is 52.0 Å². The number of aryl methyl sites for hydroxylation is 4. The van der Waals surface area contributed by atoms with Gasteiger partial charge >= 0.3 is 0 Å². The molecular weight excluding hydrogens is 701 g/mol. The zero-order chi connectivity index (χ0) is 40.9. The van der Waals surface area contributed by atoms with Gasteiger partial charge in [-0.25, -0.2) is 0 Å². The number of benzene rings is 4. The highest BCUT2D eigenvalue weighted by atomic mass is 14.6. The molecule has 0 spiro atoms. The van der Waals surface area contributed by atoms with E-state index in [1.807, 2.05) is 0 Å². The maximum Gasteiger partial charge on any atom is 0.0346 e. The van der Waals surface area contributed by atoms with Crippen molar-refractivity contribution in [2.24, 2.45) is 0 Å². The molecule has 0 heterocycles. The van der Waals surface area contributed by atoms with Gasteiger partial charge in [-0.3, -0.25) is 0 Å². The molecule has 4 aromatic rings. The third kappa shape index (κ3) is 20.0. The lowest BCUT2D eigenvalue weighted by atomic mass is 9.97. The van der Waals surface area contributed by atoms with Gasteiger partial charge in [0.15, 0.2) is 0 Å². The molecular formula is C56H84N2. The van der Waals surface area contributed by atoms with Gasteiger partial charge in [0.25, 0.3) is 0 Å². The summed E-state index contributed by atoms with van der Waals surface area (Å²) in [6.45, 7) is 4.51. The summed E-state index contributed by atoms with van der Waals surface area (Å²) in [5.74, 6) is 0. The lowest BCUT2D eigenvalue weighted by Crippen LogP contribution is -1.98. The van der Waals surface area contributed by atoms with E-state index in [0.29, 0.717) is 0 Å². The van der Waals surface area contributed by atoms with Crippen LogP contribution >= 0.6 is 0 Å². The highest BCUT2D eigenvalue weighted by Crippen LogP contribution is 2.23. The van der Waals surface area contributed by atoms with Crippen LogP contribution in [0.1, 0.15) is 212 Å². The van der Waals surface area contributed by atoms with Gasteiger partial charge in [0, 0.05) is 11.4 Å². The summed E-state index contributed by atoms with van der Waals surface area (Å²) in [6.07, 6.45) is 39.5. The van der Waals surface area contributed by atoms with Crippen molar-refractivity contribution in [3.05, 3.63) is 129 Å². The predicted molar refractivity (Wildman–Crippen MR) is 257 cm³/mol. The van der Waals surface area contributed by atoms with Crippen LogP contribution in [0.5, 0.6) is 0 Å². The number of hydrogen-bond donors (Lipinski definition) is 2. The van der Waals surface area contributed by atoms with Crippen LogP contribution in [0, 0.1) is 0 Å². The average molecular weight is 785 g/mol. The molecule has 0 aliphatic carbocycles. The van der Waals surface area contributed by atoms with Gasteiger partial charge in [0.2, 0.25) is 0 Å². The third-order valence-corrected chi connectivity index (χ3v) is 12.6. The first-order valence-electron chi connectivity index (χ1n) is 24.4. The summed E-state index contributed by atoms with van der Waals surface area (Å²) < 4.78 is 0. The standard InChI is InChI=1S/C56H84N2/c1-3-5-23-29-53-45-51(39-41-55(53)57)43-49-35-31-47(32-36-49)27-25-21-19-17-15-13-11-9-7-8-10-12-14-16-18-20-22-26-28-48-33-37-50(38-34-48)44-52-40-42-56(58)54(46-52)30-24-6-4-2/h31-42,45-46H,3-30,43-44,57-58H2,1-2H3. The Hall–Kier alpha value is -3.52. The second kappa shape index (κ2) is 29.7. The van der Waals surface area contributed by atoms with Crippen molar-refractivity contribution in [3.8, 4) is 0 Å². The van der Waals surface area contributed by atoms with Crippen LogP contribution in [0.3, 0.4) is 0 Å². The van der Waals surface area contributed by atoms with E-state index in [2.05, 4.69) is 98.8 Å². The Balaban J connectivity index is 0.890. The summed E-state index contributed by atoms with van der Waals surface area (Å²) in [4.78, 5) is 0. The fourth-order valence-corrected chi connectivity index (χ4v) is 8.71. The molecule has 0 aromatic heterocycles. The molecule has 0 fully saturated rings. The molecule has 318 valence electrons. The molecule has 4 N–H and O–H groups in total. The molecule has 58 heavy (non-hydrogen) atoms. The number of rotatable bonds is 33. The van der Waals surface area contributed by atoms with Crippen molar-refractivity contribution in [1.29, 1.82) is 0 Å². The van der Waals surface area contributed by atoms with Crippen molar-refractivity contribution >= 4 is 11.4 Å². The number of anilines is 2. The van der Waals surface area contributed by atoms with E-state index in [1.54, 1.807) is 0 Å². The average Bonchev–Trinajstić information content (AvgIpc) is 3.23. The molecule has 0 radical (unpaired) electrons. The van der Waals surface area contributed by atoms with E-state index in [4.69, 9.17) is 11.5 Å². The Morgan fingerprint density at radius 2 is 0.534 bits per heavy atom. The van der Waals surface area contributed by atoms with E-state index in [-0.39, 0.29) is 0 Å². The maximum absolute atomic E-state index is 6.25. The van der Waals surface area contributed by atoms with Crippen LogP contribution in [0.4, 0.5) is 11.4 Å².